The summed E-state index contributed by atoms with van der Waals surface area (Å²) in [5.41, 5.74) is 2.43. The first-order valence-corrected chi connectivity index (χ1v) is 6.12. The van der Waals surface area contributed by atoms with Gasteiger partial charge < -0.3 is 0 Å². The average molecular weight is 272 g/mol. The van der Waals surface area contributed by atoms with Crippen molar-refractivity contribution < 1.29 is 4.42 Å². The zero-order valence-electron chi connectivity index (χ0n) is 8.42. The summed E-state index contributed by atoms with van der Waals surface area (Å²) in [6, 6.07) is 11.8. The molecule has 0 N–H and O–H groups in total. The quantitative estimate of drug-likeness (QED) is 0.624. The predicted octanol–water partition coefficient (Wildman–Crippen LogP) is 1.15. The van der Waals surface area contributed by atoms with Crippen LogP contribution in [0.3, 0.4) is 0 Å². The number of aromatic nitrogens is 2. The molecule has 3 rings (SSSR count). The van der Waals surface area contributed by atoms with Gasteiger partial charge in [-0.05, 0) is 0 Å². The van der Waals surface area contributed by atoms with Crippen LogP contribution in [0, 0.1) is 0 Å². The van der Waals surface area contributed by atoms with Crippen LogP contribution in [-0.4, -0.2) is 26.8 Å². The number of pyridine rings is 1. The molecule has 0 saturated carbocycles. The number of rotatable bonds is 1. The van der Waals surface area contributed by atoms with Gasteiger partial charge >= 0.3 is 101 Å². The number of fused-ring (bicyclic) bond motifs is 1. The van der Waals surface area contributed by atoms with E-state index in [1.165, 1.54) is 4.35 Å². The molecule has 2 heterocycles. The summed E-state index contributed by atoms with van der Waals surface area (Å²) in [4.78, 5) is 8.53. The van der Waals surface area contributed by atoms with E-state index < -0.39 is 0 Å². The molecule has 0 spiro atoms. The van der Waals surface area contributed by atoms with E-state index >= 15 is 0 Å². The maximum atomic E-state index is 5.67. The molecule has 16 heavy (non-hydrogen) atoms. The molecule has 0 bridgehead atoms. The fourth-order valence-corrected chi connectivity index (χ4v) is 2.27. The second kappa shape index (κ2) is 3.76. The van der Waals surface area contributed by atoms with Crippen molar-refractivity contribution in [1.29, 1.82) is 0 Å². The summed E-state index contributed by atoms with van der Waals surface area (Å²) in [7, 11) is 0. The molecule has 3 aromatic rings. The topological polar surface area (TPSA) is 38.9 Å². The molecule has 3 nitrogen and oxygen atoms in total. The van der Waals surface area contributed by atoms with E-state index in [0.29, 0.717) is 11.5 Å². The Morgan fingerprint density at radius 2 is 1.94 bits per heavy atom. The number of oxazole rings is 1. The molecule has 4 heteroatoms. The average Bonchev–Trinajstić information content (AvgIpc) is 2.73. The third-order valence-corrected chi connectivity index (χ3v) is 3.41. The third kappa shape index (κ3) is 1.53. The van der Waals surface area contributed by atoms with Gasteiger partial charge in [0.15, 0.2) is 0 Å². The number of hydrogen-bond donors (Lipinski definition) is 0. The summed E-state index contributed by atoms with van der Waals surface area (Å²) in [5.74, 6) is 0.647. The van der Waals surface area contributed by atoms with Crippen molar-refractivity contribution in [3.8, 4) is 11.5 Å². The van der Waals surface area contributed by atoms with Crippen LogP contribution in [0.5, 0.6) is 0 Å². The van der Waals surface area contributed by atoms with Crippen molar-refractivity contribution in [2.45, 2.75) is 0 Å². The van der Waals surface area contributed by atoms with E-state index in [4.69, 9.17) is 4.42 Å². The van der Waals surface area contributed by atoms with Gasteiger partial charge in [0.1, 0.15) is 0 Å². The molecule has 0 aliphatic carbocycles. The van der Waals surface area contributed by atoms with Gasteiger partial charge in [-0.2, -0.15) is 0 Å². The third-order valence-electron chi connectivity index (χ3n) is 2.36. The molecule has 0 aliphatic heterocycles. The van der Waals surface area contributed by atoms with Crippen LogP contribution in [0.2, 0.25) is 0 Å². The second-order valence-electron chi connectivity index (χ2n) is 3.43. The summed E-state index contributed by atoms with van der Waals surface area (Å²) >= 11 is 1.56. The summed E-state index contributed by atoms with van der Waals surface area (Å²) in [6.45, 7) is 0. The molecule has 1 atom stereocenters. The van der Waals surface area contributed by atoms with Crippen molar-refractivity contribution in [2.24, 2.45) is 0 Å². The Morgan fingerprint density at radius 1 is 1.06 bits per heavy atom. The Kier molecular flexibility index (Phi) is 2.26. The normalized spacial score (nSPS) is 10.8. The molecular formula is C12H9AsN2O. The van der Waals surface area contributed by atoms with Gasteiger partial charge in [0.2, 0.25) is 0 Å². The monoisotopic (exact) mass is 272 g/mol. The van der Waals surface area contributed by atoms with Gasteiger partial charge in [0.05, 0.1) is 0 Å². The van der Waals surface area contributed by atoms with Crippen molar-refractivity contribution in [3.05, 3.63) is 42.6 Å². The summed E-state index contributed by atoms with van der Waals surface area (Å²) in [6.07, 6.45) is 1.72. The number of nitrogens with zero attached hydrogens (tertiary/aromatic N) is 2. The van der Waals surface area contributed by atoms with E-state index in [9.17, 15) is 0 Å². The van der Waals surface area contributed by atoms with Crippen LogP contribution in [0.4, 0.5) is 0 Å². The van der Waals surface area contributed by atoms with Crippen molar-refractivity contribution in [2.75, 3.05) is 0 Å². The Balaban J connectivity index is 2.23. The Hall–Kier alpha value is -1.60. The zero-order chi connectivity index (χ0) is 11.0. The van der Waals surface area contributed by atoms with Crippen LogP contribution in [0.15, 0.2) is 47.0 Å². The van der Waals surface area contributed by atoms with Gasteiger partial charge in [0.25, 0.3) is 0 Å². The van der Waals surface area contributed by atoms with E-state index in [1.807, 2.05) is 30.3 Å². The molecular weight excluding hydrogens is 263 g/mol. The molecule has 1 unspecified atom stereocenters. The fourth-order valence-electron chi connectivity index (χ4n) is 1.58. The molecule has 0 fully saturated rings. The van der Waals surface area contributed by atoms with Crippen LogP contribution < -0.4 is 4.35 Å². The molecule has 1 aromatic carbocycles. The number of hydrogen-bond acceptors (Lipinski definition) is 3. The van der Waals surface area contributed by atoms with Crippen molar-refractivity contribution in [3.63, 3.8) is 0 Å². The van der Waals surface area contributed by atoms with E-state index in [2.05, 4.69) is 16.0 Å². The van der Waals surface area contributed by atoms with Gasteiger partial charge in [-0.1, -0.05) is 0 Å². The molecule has 78 valence electrons. The van der Waals surface area contributed by atoms with Crippen LogP contribution in [-0.2, 0) is 0 Å². The summed E-state index contributed by atoms with van der Waals surface area (Å²) in [5, 5.41) is 0. The Morgan fingerprint density at radius 3 is 2.75 bits per heavy atom. The molecule has 0 radical (unpaired) electrons. The van der Waals surface area contributed by atoms with E-state index in [1.54, 1.807) is 23.0 Å². The van der Waals surface area contributed by atoms with Gasteiger partial charge in [-0.25, -0.2) is 0 Å². The minimum absolute atomic E-state index is 0.647. The standard InChI is InChI=1S/C12H9AsN2O/c13-9-5-2-1-4-8(9)12-15-11-10(16-12)6-3-7-14-11/h1-7H,13H2. The first-order valence-electron chi connectivity index (χ1n) is 4.91. The minimum atomic E-state index is 0.647. The predicted molar refractivity (Wildman–Crippen MR) is 65.4 cm³/mol. The van der Waals surface area contributed by atoms with E-state index in [-0.39, 0.29) is 0 Å². The molecule has 2 aromatic heterocycles. The first kappa shape index (κ1) is 9.61. The Labute approximate surface area is 101 Å². The first-order chi connectivity index (χ1) is 7.84. The van der Waals surface area contributed by atoms with Crippen LogP contribution >= 0.6 is 0 Å². The summed E-state index contributed by atoms with van der Waals surface area (Å²) < 4.78 is 6.88. The van der Waals surface area contributed by atoms with Gasteiger partial charge in [0, 0.05) is 0 Å². The molecule has 0 saturated heterocycles. The van der Waals surface area contributed by atoms with E-state index in [0.717, 1.165) is 11.1 Å². The van der Waals surface area contributed by atoms with Gasteiger partial charge in [-0.3, -0.25) is 0 Å². The maximum absolute atomic E-state index is 5.67. The second-order valence-corrected chi connectivity index (χ2v) is 4.74. The Bertz CT molecular complexity index is 615. The van der Waals surface area contributed by atoms with Crippen LogP contribution in [0.1, 0.15) is 0 Å². The van der Waals surface area contributed by atoms with Crippen molar-refractivity contribution in [1.82, 2.24) is 9.97 Å². The molecule has 0 aliphatic rings. The van der Waals surface area contributed by atoms with Crippen LogP contribution in [0.25, 0.3) is 22.7 Å². The fraction of sp³-hybridized carbons (Fsp3) is 0. The SMILES string of the molecule is [AsH2]c1ccccc1-c1nc2ncccc2o1. The molecule has 0 amide bonds. The zero-order valence-corrected chi connectivity index (χ0v) is 10.8. The number of benzene rings is 1. The van der Waals surface area contributed by atoms with Crippen molar-refractivity contribution >= 4 is 32.4 Å². The van der Waals surface area contributed by atoms with Gasteiger partial charge in [-0.15, -0.1) is 0 Å².